The number of aromatic amines is 2. The quantitative estimate of drug-likeness (QED) is 0.750. The topological polar surface area (TPSA) is 88.6 Å². The minimum absolute atomic E-state index is 0.152. The second kappa shape index (κ2) is 5.69. The lowest BCUT2D eigenvalue weighted by Crippen LogP contribution is -2.34. The predicted octanol–water partition coefficient (Wildman–Crippen LogP) is 3.34. The Labute approximate surface area is 143 Å². The Morgan fingerprint density at radius 3 is 3.17 bits per heavy atom. The molecule has 0 bridgehead atoms. The van der Waals surface area contributed by atoms with Crippen LogP contribution >= 0.6 is 11.6 Å². The van der Waals surface area contributed by atoms with Gasteiger partial charge >= 0.3 is 0 Å². The molecule has 3 aromatic rings. The maximum absolute atomic E-state index is 12.7. The van der Waals surface area contributed by atoms with Crippen molar-refractivity contribution < 1.29 is 4.79 Å². The molecule has 0 radical (unpaired) electrons. The van der Waals surface area contributed by atoms with E-state index in [9.17, 15) is 4.79 Å². The first-order chi connectivity index (χ1) is 11.7. The number of hydrogen-bond acceptors (Lipinski definition) is 3. The maximum Gasteiger partial charge on any atom is 0.271 e. The number of amides is 1. The van der Waals surface area contributed by atoms with Crippen molar-refractivity contribution in [2.75, 3.05) is 6.54 Å². The van der Waals surface area contributed by atoms with Crippen LogP contribution in [0.3, 0.4) is 0 Å². The molecule has 1 aliphatic heterocycles. The lowest BCUT2D eigenvalue weighted by molar-refractivity contribution is 0.0759. The van der Waals surface area contributed by atoms with Crippen molar-refractivity contribution in [3.05, 3.63) is 41.4 Å². The molecule has 1 aliphatic rings. The Kier molecular flexibility index (Phi) is 3.51. The van der Waals surface area contributed by atoms with Gasteiger partial charge in [-0.05, 0) is 25.0 Å². The van der Waals surface area contributed by atoms with Crippen LogP contribution in [0.4, 0.5) is 0 Å². The largest absolute Gasteiger partial charge is 0.357 e. The van der Waals surface area contributed by atoms with Crippen LogP contribution in [0.1, 0.15) is 23.3 Å². The number of carbonyl (C=O) groups is 1. The Bertz CT molecular complexity index is 967. The molecule has 1 unspecified atom stereocenters. The monoisotopic (exact) mass is 339 g/mol. The number of likely N-dealkylation sites (tertiary alicyclic amines) is 1. The fourth-order valence-corrected chi connectivity index (χ4v) is 3.50. The number of nitrogens with one attached hydrogen (secondary N) is 2. The average Bonchev–Trinajstić information content (AvgIpc) is 3.33. The first-order valence-electron chi connectivity index (χ1n) is 7.70. The molecule has 0 spiro atoms. The zero-order valence-electron chi connectivity index (χ0n) is 12.7. The molecule has 2 N–H and O–H groups in total. The number of halogens is 1. The van der Waals surface area contributed by atoms with Crippen molar-refractivity contribution in [3.8, 4) is 17.2 Å². The molecule has 24 heavy (non-hydrogen) atoms. The summed E-state index contributed by atoms with van der Waals surface area (Å²) in [6.07, 6.45) is 6.75. The van der Waals surface area contributed by atoms with E-state index in [-0.39, 0.29) is 11.9 Å². The smallest absolute Gasteiger partial charge is 0.271 e. The van der Waals surface area contributed by atoms with E-state index in [2.05, 4.69) is 21.0 Å². The van der Waals surface area contributed by atoms with Crippen LogP contribution < -0.4 is 0 Å². The van der Waals surface area contributed by atoms with Crippen molar-refractivity contribution in [1.29, 1.82) is 5.26 Å². The van der Waals surface area contributed by atoms with Crippen LogP contribution in [0.5, 0.6) is 0 Å². The van der Waals surface area contributed by atoms with Gasteiger partial charge in [0.1, 0.15) is 17.4 Å². The number of H-pyrrole nitrogens is 2. The van der Waals surface area contributed by atoms with E-state index in [0.717, 1.165) is 35.0 Å². The van der Waals surface area contributed by atoms with Crippen molar-refractivity contribution >= 4 is 28.5 Å². The van der Waals surface area contributed by atoms with Crippen molar-refractivity contribution in [2.24, 2.45) is 0 Å². The van der Waals surface area contributed by atoms with E-state index < -0.39 is 0 Å². The summed E-state index contributed by atoms with van der Waals surface area (Å²) in [4.78, 5) is 24.6. The van der Waals surface area contributed by atoms with Crippen molar-refractivity contribution in [1.82, 2.24) is 19.9 Å². The SMILES string of the molecule is N#CC1CCCN1C(=O)c1cc(-c2c(Cl)cnc3[nH]ccc23)c[nH]1. The Morgan fingerprint density at radius 1 is 1.46 bits per heavy atom. The van der Waals surface area contributed by atoms with Gasteiger partial charge < -0.3 is 14.9 Å². The highest BCUT2D eigenvalue weighted by Crippen LogP contribution is 2.34. The summed E-state index contributed by atoms with van der Waals surface area (Å²) in [7, 11) is 0. The molecule has 6 nitrogen and oxygen atoms in total. The third-order valence-corrected chi connectivity index (χ3v) is 4.69. The summed E-state index contributed by atoms with van der Waals surface area (Å²) in [6, 6.07) is 5.54. The molecule has 4 heterocycles. The molecular formula is C17H14ClN5O. The lowest BCUT2D eigenvalue weighted by atomic mass is 10.1. The molecule has 3 aromatic heterocycles. The van der Waals surface area contributed by atoms with Crippen molar-refractivity contribution in [2.45, 2.75) is 18.9 Å². The highest BCUT2D eigenvalue weighted by Gasteiger charge is 2.30. The number of rotatable bonds is 2. The molecule has 7 heteroatoms. The summed E-state index contributed by atoms with van der Waals surface area (Å²) < 4.78 is 0. The summed E-state index contributed by atoms with van der Waals surface area (Å²) in [6.45, 7) is 0.615. The summed E-state index contributed by atoms with van der Waals surface area (Å²) in [5, 5.41) is 10.6. The zero-order chi connectivity index (χ0) is 16.7. The molecule has 1 fully saturated rings. The van der Waals surface area contributed by atoms with Crippen LogP contribution in [0, 0.1) is 11.3 Å². The average molecular weight is 340 g/mol. The summed E-state index contributed by atoms with van der Waals surface area (Å²) >= 11 is 6.33. The fourth-order valence-electron chi connectivity index (χ4n) is 3.24. The van der Waals surface area contributed by atoms with Gasteiger partial charge in [0.2, 0.25) is 0 Å². The first kappa shape index (κ1) is 14.8. The highest BCUT2D eigenvalue weighted by atomic mass is 35.5. The fraction of sp³-hybridized carbons (Fsp3) is 0.235. The number of carbonyl (C=O) groups excluding carboxylic acids is 1. The van der Waals surface area contributed by atoms with Gasteiger partial charge in [-0.3, -0.25) is 4.79 Å². The molecule has 1 atom stereocenters. The van der Waals surface area contributed by atoms with Crippen LogP contribution in [-0.4, -0.2) is 38.3 Å². The van der Waals surface area contributed by atoms with Crippen LogP contribution in [0.25, 0.3) is 22.2 Å². The van der Waals surface area contributed by atoms with E-state index in [1.807, 2.05) is 6.07 Å². The number of nitriles is 1. The second-order valence-electron chi connectivity index (χ2n) is 5.81. The molecule has 0 aromatic carbocycles. The van der Waals surface area contributed by atoms with Gasteiger partial charge in [0.15, 0.2) is 0 Å². The standard InChI is InChI=1S/C17H14ClN5O/c18-13-9-22-16-12(3-4-20-16)15(13)10-6-14(21-8-10)17(24)23-5-1-2-11(23)7-19/h3-4,6,8-9,11,21H,1-2,5H2,(H,20,22). The maximum atomic E-state index is 12.7. The van der Waals surface area contributed by atoms with Crippen LogP contribution in [0.2, 0.25) is 5.02 Å². The second-order valence-corrected chi connectivity index (χ2v) is 6.22. The van der Waals surface area contributed by atoms with E-state index >= 15 is 0 Å². The van der Waals surface area contributed by atoms with E-state index in [1.165, 1.54) is 0 Å². The van der Waals surface area contributed by atoms with Gasteiger partial charge in [0, 0.05) is 41.6 Å². The molecule has 0 aliphatic carbocycles. The third-order valence-electron chi connectivity index (χ3n) is 4.41. The van der Waals surface area contributed by atoms with Gasteiger partial charge in [-0.15, -0.1) is 0 Å². The van der Waals surface area contributed by atoms with Crippen LogP contribution in [0.15, 0.2) is 30.7 Å². The number of aromatic nitrogens is 3. The van der Waals surface area contributed by atoms with Gasteiger partial charge in [0.25, 0.3) is 5.91 Å². The zero-order valence-corrected chi connectivity index (χ0v) is 13.5. The molecule has 1 saturated heterocycles. The molecule has 4 rings (SSSR count). The Morgan fingerprint density at radius 2 is 2.33 bits per heavy atom. The van der Waals surface area contributed by atoms with Crippen LogP contribution in [-0.2, 0) is 0 Å². The highest BCUT2D eigenvalue weighted by molar-refractivity contribution is 6.34. The van der Waals surface area contributed by atoms with E-state index in [0.29, 0.717) is 17.3 Å². The van der Waals surface area contributed by atoms with Gasteiger partial charge in [-0.1, -0.05) is 11.6 Å². The third kappa shape index (κ3) is 2.25. The van der Waals surface area contributed by atoms with Gasteiger partial charge in [-0.25, -0.2) is 4.98 Å². The van der Waals surface area contributed by atoms with Crippen molar-refractivity contribution in [3.63, 3.8) is 0 Å². The van der Waals surface area contributed by atoms with Gasteiger partial charge in [0.05, 0.1) is 11.1 Å². The van der Waals surface area contributed by atoms with E-state index in [1.54, 1.807) is 29.6 Å². The molecule has 120 valence electrons. The number of pyridine rings is 1. The predicted molar refractivity (Wildman–Crippen MR) is 90.6 cm³/mol. The first-order valence-corrected chi connectivity index (χ1v) is 8.08. The molecule has 1 amide bonds. The number of hydrogen-bond donors (Lipinski definition) is 2. The normalized spacial score (nSPS) is 17.3. The minimum Gasteiger partial charge on any atom is -0.357 e. The summed E-state index contributed by atoms with van der Waals surface area (Å²) in [5.41, 5.74) is 2.86. The van der Waals surface area contributed by atoms with Gasteiger partial charge in [-0.2, -0.15) is 5.26 Å². The summed E-state index contributed by atoms with van der Waals surface area (Å²) in [5.74, 6) is -0.152. The number of nitrogens with zero attached hydrogens (tertiary/aromatic N) is 3. The van der Waals surface area contributed by atoms with E-state index in [4.69, 9.17) is 16.9 Å². The number of fused-ring (bicyclic) bond motifs is 1. The lowest BCUT2D eigenvalue weighted by Gasteiger charge is -2.18. The molecule has 0 saturated carbocycles. The molecular weight excluding hydrogens is 326 g/mol. The Balaban J connectivity index is 1.72. The Hall–Kier alpha value is -2.78. The minimum atomic E-state index is -0.342.